The van der Waals surface area contributed by atoms with Crippen LogP contribution in [0.1, 0.15) is 11.4 Å². The number of hydrogen-bond donors (Lipinski definition) is 3. The number of aryl methyl sites for hydroxylation is 1. The number of nitrogens with one attached hydrogen (secondary N) is 1. The maximum absolute atomic E-state index is 9.33. The maximum Gasteiger partial charge on any atom is 0.202 e. The van der Waals surface area contributed by atoms with Crippen molar-refractivity contribution in [2.75, 3.05) is 11.9 Å². The first kappa shape index (κ1) is 11.7. The molecule has 0 saturated carbocycles. The van der Waals surface area contributed by atoms with E-state index in [2.05, 4.69) is 14.7 Å². The molecule has 1 aromatic carbocycles. The fraction of sp³-hybridized carbons (Fsp3) is 0.273. The Bertz CT molecular complexity index is 513. The molecule has 1 aromatic heterocycles. The third kappa shape index (κ3) is 3.07. The first-order valence-electron chi connectivity index (χ1n) is 5.20. The molecule has 0 saturated heterocycles. The van der Waals surface area contributed by atoms with Crippen LogP contribution in [0.3, 0.4) is 0 Å². The molecule has 0 spiro atoms. The Morgan fingerprint density at radius 3 is 2.76 bits per heavy atom. The van der Waals surface area contributed by atoms with Gasteiger partial charge in [0.1, 0.15) is 5.82 Å². The van der Waals surface area contributed by atoms with E-state index in [1.807, 2.05) is 6.92 Å². The minimum Gasteiger partial charge on any atom is -0.504 e. The molecule has 0 aliphatic heterocycles. The smallest absolute Gasteiger partial charge is 0.202 e. The van der Waals surface area contributed by atoms with Gasteiger partial charge in [-0.15, -0.1) is 0 Å². The number of anilines is 1. The highest BCUT2D eigenvalue weighted by molar-refractivity contribution is 7.09. The molecule has 6 heteroatoms. The molecule has 90 valence electrons. The second-order valence-corrected chi connectivity index (χ2v) is 4.40. The molecule has 1 heterocycles. The van der Waals surface area contributed by atoms with Crippen molar-refractivity contribution in [3.05, 3.63) is 29.6 Å². The van der Waals surface area contributed by atoms with Crippen molar-refractivity contribution >= 4 is 16.7 Å². The summed E-state index contributed by atoms with van der Waals surface area (Å²) < 4.78 is 4.06. The van der Waals surface area contributed by atoms with Gasteiger partial charge in [-0.2, -0.15) is 4.37 Å². The van der Waals surface area contributed by atoms with Crippen molar-refractivity contribution in [1.82, 2.24) is 9.36 Å². The highest BCUT2D eigenvalue weighted by Gasteiger charge is 2.02. The minimum absolute atomic E-state index is 0.0886. The molecule has 0 aliphatic carbocycles. The van der Waals surface area contributed by atoms with Gasteiger partial charge in [-0.1, -0.05) is 6.07 Å². The van der Waals surface area contributed by atoms with Gasteiger partial charge in [0, 0.05) is 18.1 Å². The lowest BCUT2D eigenvalue weighted by atomic mass is 10.1. The Morgan fingerprint density at radius 1 is 1.29 bits per heavy atom. The average molecular weight is 251 g/mol. The Labute approximate surface area is 103 Å². The molecular weight excluding hydrogens is 238 g/mol. The lowest BCUT2D eigenvalue weighted by Gasteiger charge is -2.04. The van der Waals surface area contributed by atoms with Gasteiger partial charge in [0.25, 0.3) is 0 Å². The molecule has 0 bridgehead atoms. The van der Waals surface area contributed by atoms with Gasteiger partial charge in [0.15, 0.2) is 11.5 Å². The zero-order chi connectivity index (χ0) is 12.3. The monoisotopic (exact) mass is 251 g/mol. The zero-order valence-electron chi connectivity index (χ0n) is 9.34. The molecular formula is C11H13N3O2S. The molecule has 2 rings (SSSR count). The van der Waals surface area contributed by atoms with Crippen molar-refractivity contribution in [1.29, 1.82) is 0 Å². The molecule has 3 N–H and O–H groups in total. The summed E-state index contributed by atoms with van der Waals surface area (Å²) in [5.74, 6) is 0.579. The van der Waals surface area contributed by atoms with Gasteiger partial charge in [0.05, 0.1) is 0 Å². The van der Waals surface area contributed by atoms with E-state index in [0.29, 0.717) is 6.54 Å². The van der Waals surface area contributed by atoms with Crippen LogP contribution >= 0.6 is 11.5 Å². The summed E-state index contributed by atoms with van der Waals surface area (Å²) in [5.41, 5.74) is 0.953. The van der Waals surface area contributed by atoms with Gasteiger partial charge >= 0.3 is 0 Å². The Kier molecular flexibility index (Phi) is 3.43. The first-order chi connectivity index (χ1) is 8.15. The van der Waals surface area contributed by atoms with Crippen molar-refractivity contribution in [3.63, 3.8) is 0 Å². The van der Waals surface area contributed by atoms with Crippen LogP contribution in [0.5, 0.6) is 11.5 Å². The van der Waals surface area contributed by atoms with Crippen LogP contribution in [-0.4, -0.2) is 26.1 Å². The Morgan fingerprint density at radius 2 is 2.12 bits per heavy atom. The summed E-state index contributed by atoms with van der Waals surface area (Å²) in [6.45, 7) is 2.55. The van der Waals surface area contributed by atoms with Crippen LogP contribution in [0.15, 0.2) is 18.2 Å². The lowest BCUT2D eigenvalue weighted by Crippen LogP contribution is -2.04. The first-order valence-corrected chi connectivity index (χ1v) is 5.97. The number of nitrogens with zero attached hydrogens (tertiary/aromatic N) is 2. The van der Waals surface area contributed by atoms with Crippen LogP contribution < -0.4 is 5.32 Å². The largest absolute Gasteiger partial charge is 0.504 e. The van der Waals surface area contributed by atoms with Crippen LogP contribution in [0.25, 0.3) is 0 Å². The fourth-order valence-electron chi connectivity index (χ4n) is 1.41. The average Bonchev–Trinajstić information content (AvgIpc) is 2.70. The third-order valence-electron chi connectivity index (χ3n) is 2.26. The standard InChI is InChI=1S/C11H13N3O2S/c1-7-13-11(17-14-7)12-5-4-8-2-3-9(15)10(16)6-8/h2-3,6,15-16H,4-5H2,1H3,(H,12,13,14). The number of phenols is 2. The van der Waals surface area contributed by atoms with Crippen LogP contribution in [0.2, 0.25) is 0 Å². The number of benzene rings is 1. The maximum atomic E-state index is 9.33. The topological polar surface area (TPSA) is 78.3 Å². The van der Waals surface area contributed by atoms with Gasteiger partial charge < -0.3 is 15.5 Å². The summed E-state index contributed by atoms with van der Waals surface area (Å²) in [6.07, 6.45) is 0.743. The third-order valence-corrected chi connectivity index (χ3v) is 3.02. The van der Waals surface area contributed by atoms with E-state index in [9.17, 15) is 5.11 Å². The SMILES string of the molecule is Cc1nsc(NCCc2ccc(O)c(O)c2)n1. The van der Waals surface area contributed by atoms with Gasteiger partial charge in [-0.05, 0) is 31.0 Å². The van der Waals surface area contributed by atoms with E-state index >= 15 is 0 Å². The summed E-state index contributed by atoms with van der Waals surface area (Å²) in [7, 11) is 0. The van der Waals surface area contributed by atoms with Gasteiger partial charge in [-0.25, -0.2) is 4.98 Å². The Hall–Kier alpha value is -1.82. The molecule has 0 aliphatic rings. The van der Waals surface area contributed by atoms with Crippen molar-refractivity contribution < 1.29 is 10.2 Å². The van der Waals surface area contributed by atoms with Crippen molar-refractivity contribution in [2.24, 2.45) is 0 Å². The van der Waals surface area contributed by atoms with E-state index in [-0.39, 0.29) is 11.5 Å². The second-order valence-electron chi connectivity index (χ2n) is 3.65. The summed E-state index contributed by atoms with van der Waals surface area (Å²) in [6, 6.07) is 4.82. The highest BCUT2D eigenvalue weighted by Crippen LogP contribution is 2.25. The quantitative estimate of drug-likeness (QED) is 0.723. The minimum atomic E-state index is -0.0959. The molecule has 0 amide bonds. The lowest BCUT2D eigenvalue weighted by molar-refractivity contribution is 0.403. The summed E-state index contributed by atoms with van der Waals surface area (Å²) in [4.78, 5) is 4.18. The zero-order valence-corrected chi connectivity index (χ0v) is 10.2. The number of phenolic OH excluding ortho intramolecular Hbond substituents is 2. The summed E-state index contributed by atoms with van der Waals surface area (Å²) in [5, 5.41) is 22.4. The number of aromatic hydroxyl groups is 2. The number of aromatic nitrogens is 2. The fourth-order valence-corrected chi connectivity index (χ4v) is 2.01. The molecule has 0 fully saturated rings. The highest BCUT2D eigenvalue weighted by atomic mass is 32.1. The molecule has 5 nitrogen and oxygen atoms in total. The van der Waals surface area contributed by atoms with Crippen LogP contribution in [0.4, 0.5) is 5.13 Å². The normalized spacial score (nSPS) is 10.4. The molecule has 2 aromatic rings. The van der Waals surface area contributed by atoms with Crippen LogP contribution in [-0.2, 0) is 6.42 Å². The Balaban J connectivity index is 1.87. The number of hydrogen-bond acceptors (Lipinski definition) is 6. The second kappa shape index (κ2) is 5.01. The van der Waals surface area contributed by atoms with E-state index < -0.39 is 0 Å². The van der Waals surface area contributed by atoms with E-state index in [1.165, 1.54) is 17.6 Å². The predicted molar refractivity (Wildman–Crippen MR) is 66.6 cm³/mol. The molecule has 0 unspecified atom stereocenters. The molecule has 17 heavy (non-hydrogen) atoms. The summed E-state index contributed by atoms with van der Waals surface area (Å²) >= 11 is 1.33. The van der Waals surface area contributed by atoms with E-state index in [4.69, 9.17) is 5.11 Å². The van der Waals surface area contributed by atoms with Crippen molar-refractivity contribution in [2.45, 2.75) is 13.3 Å². The molecule has 0 radical (unpaired) electrons. The van der Waals surface area contributed by atoms with Gasteiger partial charge in [0.2, 0.25) is 5.13 Å². The van der Waals surface area contributed by atoms with Gasteiger partial charge in [-0.3, -0.25) is 0 Å². The number of rotatable bonds is 4. The van der Waals surface area contributed by atoms with Crippen LogP contribution in [0, 0.1) is 6.92 Å². The van der Waals surface area contributed by atoms with Crippen molar-refractivity contribution in [3.8, 4) is 11.5 Å². The van der Waals surface area contributed by atoms with E-state index in [1.54, 1.807) is 12.1 Å². The van der Waals surface area contributed by atoms with E-state index in [0.717, 1.165) is 22.9 Å². The predicted octanol–water partition coefficient (Wildman–Crippen LogP) is 1.91. The molecule has 0 atom stereocenters.